The molecule has 4 nitrogen and oxygen atoms in total. The highest BCUT2D eigenvalue weighted by atomic mass is 16.5. The van der Waals surface area contributed by atoms with Crippen LogP contribution in [-0.2, 0) is 9.53 Å². The normalized spacial score (nSPS) is 19.6. The molecule has 1 aliphatic rings. The number of carbonyl (C=O) groups excluding carboxylic acids is 1. The second-order valence-corrected chi connectivity index (χ2v) is 5.21. The first-order valence-corrected chi connectivity index (χ1v) is 7.31. The van der Waals surface area contributed by atoms with E-state index in [2.05, 4.69) is 5.32 Å². The van der Waals surface area contributed by atoms with Gasteiger partial charge in [0.25, 0.3) is 5.91 Å². The van der Waals surface area contributed by atoms with Gasteiger partial charge in [0.05, 0.1) is 6.10 Å². The Morgan fingerprint density at radius 1 is 1.45 bits per heavy atom. The van der Waals surface area contributed by atoms with Crippen LogP contribution in [-0.4, -0.2) is 31.3 Å². The molecule has 4 heteroatoms. The molecule has 0 saturated carbocycles. The smallest absolute Gasteiger partial charge is 0.261 e. The van der Waals surface area contributed by atoms with Gasteiger partial charge < -0.3 is 14.8 Å². The molecule has 0 unspecified atom stereocenters. The third-order valence-electron chi connectivity index (χ3n) is 3.49. The summed E-state index contributed by atoms with van der Waals surface area (Å²) in [5.41, 5.74) is 1.17. The van der Waals surface area contributed by atoms with Crippen LogP contribution in [0.15, 0.2) is 24.3 Å². The maximum Gasteiger partial charge on any atom is 0.261 e. The van der Waals surface area contributed by atoms with Crippen molar-refractivity contribution in [2.24, 2.45) is 0 Å². The highest BCUT2D eigenvalue weighted by Gasteiger charge is 2.21. The van der Waals surface area contributed by atoms with E-state index in [1.54, 1.807) is 0 Å². The fourth-order valence-electron chi connectivity index (χ4n) is 2.24. The zero-order valence-electron chi connectivity index (χ0n) is 12.2. The van der Waals surface area contributed by atoms with Crippen LogP contribution in [0.2, 0.25) is 0 Å². The topological polar surface area (TPSA) is 47.6 Å². The molecule has 0 radical (unpaired) electrons. The first-order valence-electron chi connectivity index (χ1n) is 7.31. The number of nitrogens with one attached hydrogen (secondary N) is 1. The minimum absolute atomic E-state index is 0.0661. The van der Waals surface area contributed by atoms with E-state index in [1.807, 2.05) is 38.1 Å². The zero-order valence-corrected chi connectivity index (χ0v) is 12.2. The molecule has 1 aromatic rings. The number of ether oxygens (including phenoxy) is 2. The highest BCUT2D eigenvalue weighted by molar-refractivity contribution is 5.81. The van der Waals surface area contributed by atoms with Crippen LogP contribution in [0.1, 0.15) is 31.7 Å². The van der Waals surface area contributed by atoms with E-state index < -0.39 is 6.10 Å². The zero-order chi connectivity index (χ0) is 14.4. The Balaban J connectivity index is 1.83. The van der Waals surface area contributed by atoms with Gasteiger partial charge in [0.2, 0.25) is 0 Å². The maximum atomic E-state index is 12.1. The van der Waals surface area contributed by atoms with E-state index in [0.717, 1.165) is 25.2 Å². The van der Waals surface area contributed by atoms with E-state index in [1.165, 1.54) is 5.56 Å². The van der Waals surface area contributed by atoms with Gasteiger partial charge in [0.1, 0.15) is 5.75 Å². The monoisotopic (exact) mass is 277 g/mol. The summed E-state index contributed by atoms with van der Waals surface area (Å²) in [5.74, 6) is 0.665. The molecule has 2 atom stereocenters. The summed E-state index contributed by atoms with van der Waals surface area (Å²) in [6.07, 6.45) is 2.47. The largest absolute Gasteiger partial charge is 0.481 e. The van der Waals surface area contributed by atoms with Crippen molar-refractivity contribution in [3.8, 4) is 5.75 Å². The van der Waals surface area contributed by atoms with Crippen molar-refractivity contribution in [3.63, 3.8) is 0 Å². The quantitative estimate of drug-likeness (QED) is 0.869. The average Bonchev–Trinajstić information content (AvgIpc) is 2.97. The van der Waals surface area contributed by atoms with E-state index in [-0.39, 0.29) is 12.0 Å². The van der Waals surface area contributed by atoms with Gasteiger partial charge in [-0.2, -0.15) is 0 Å². The molecule has 0 spiro atoms. The molecule has 110 valence electrons. The third kappa shape index (κ3) is 4.23. The summed E-state index contributed by atoms with van der Waals surface area (Å²) in [6, 6.07) is 7.75. The standard InChI is InChI=1S/C16H23NO3/c1-3-15(20-13-8-6-12(2)7-9-13)16(18)17-11-14-5-4-10-19-14/h6-9,14-15H,3-5,10-11H2,1-2H3,(H,17,18)/t14-,15+/m0/s1. The maximum absolute atomic E-state index is 12.1. The van der Waals surface area contributed by atoms with Crippen LogP contribution in [0.5, 0.6) is 5.75 Å². The predicted molar refractivity (Wildman–Crippen MR) is 77.9 cm³/mol. The number of hydrogen-bond acceptors (Lipinski definition) is 3. The van der Waals surface area contributed by atoms with Crippen molar-refractivity contribution in [2.45, 2.75) is 45.3 Å². The Morgan fingerprint density at radius 2 is 2.20 bits per heavy atom. The molecule has 1 amide bonds. The molecule has 1 heterocycles. The van der Waals surface area contributed by atoms with E-state index >= 15 is 0 Å². The van der Waals surface area contributed by atoms with Crippen molar-refractivity contribution in [1.82, 2.24) is 5.32 Å². The molecule has 1 aliphatic heterocycles. The molecule has 1 fully saturated rings. The molecule has 1 N–H and O–H groups in total. The predicted octanol–water partition coefficient (Wildman–Crippen LogP) is 2.45. The fraction of sp³-hybridized carbons (Fsp3) is 0.562. The van der Waals surface area contributed by atoms with E-state index in [0.29, 0.717) is 13.0 Å². The lowest BCUT2D eigenvalue weighted by atomic mass is 10.2. The van der Waals surface area contributed by atoms with Gasteiger partial charge in [-0.1, -0.05) is 24.6 Å². The average molecular weight is 277 g/mol. The molecular formula is C16H23NO3. The third-order valence-corrected chi connectivity index (χ3v) is 3.49. The Labute approximate surface area is 120 Å². The first-order chi connectivity index (χ1) is 9.69. The van der Waals surface area contributed by atoms with Crippen LogP contribution in [0.25, 0.3) is 0 Å². The number of aryl methyl sites for hydroxylation is 1. The van der Waals surface area contributed by atoms with Crippen molar-refractivity contribution < 1.29 is 14.3 Å². The second-order valence-electron chi connectivity index (χ2n) is 5.21. The van der Waals surface area contributed by atoms with E-state index in [4.69, 9.17) is 9.47 Å². The Kier molecular flexibility index (Phi) is 5.41. The van der Waals surface area contributed by atoms with Crippen LogP contribution >= 0.6 is 0 Å². The molecular weight excluding hydrogens is 254 g/mol. The van der Waals surface area contributed by atoms with Crippen LogP contribution in [0.3, 0.4) is 0 Å². The minimum Gasteiger partial charge on any atom is -0.481 e. The van der Waals surface area contributed by atoms with Crippen LogP contribution in [0.4, 0.5) is 0 Å². The number of rotatable bonds is 6. The Bertz CT molecular complexity index is 424. The van der Waals surface area contributed by atoms with Gasteiger partial charge >= 0.3 is 0 Å². The summed E-state index contributed by atoms with van der Waals surface area (Å²) in [5, 5.41) is 2.92. The van der Waals surface area contributed by atoms with Gasteiger partial charge in [-0.25, -0.2) is 0 Å². The van der Waals surface area contributed by atoms with Crippen LogP contribution < -0.4 is 10.1 Å². The van der Waals surface area contributed by atoms with Gasteiger partial charge in [-0.3, -0.25) is 4.79 Å². The number of hydrogen-bond donors (Lipinski definition) is 1. The molecule has 20 heavy (non-hydrogen) atoms. The fourth-order valence-corrected chi connectivity index (χ4v) is 2.24. The Morgan fingerprint density at radius 3 is 2.80 bits per heavy atom. The number of amides is 1. The van der Waals surface area contributed by atoms with Crippen molar-refractivity contribution in [3.05, 3.63) is 29.8 Å². The minimum atomic E-state index is -0.445. The summed E-state index contributed by atoms with van der Waals surface area (Å²) < 4.78 is 11.2. The summed E-state index contributed by atoms with van der Waals surface area (Å²) in [6.45, 7) is 5.35. The molecule has 0 aromatic heterocycles. The molecule has 1 aromatic carbocycles. The molecule has 2 rings (SSSR count). The van der Waals surface area contributed by atoms with Gasteiger partial charge in [-0.05, 0) is 38.3 Å². The van der Waals surface area contributed by atoms with Crippen molar-refractivity contribution in [1.29, 1.82) is 0 Å². The number of carbonyl (C=O) groups is 1. The van der Waals surface area contributed by atoms with Crippen LogP contribution in [0, 0.1) is 6.92 Å². The molecule has 0 bridgehead atoms. The lowest BCUT2D eigenvalue weighted by molar-refractivity contribution is -0.128. The number of benzene rings is 1. The molecule has 0 aliphatic carbocycles. The van der Waals surface area contributed by atoms with Crippen molar-refractivity contribution in [2.75, 3.05) is 13.2 Å². The van der Waals surface area contributed by atoms with E-state index in [9.17, 15) is 4.79 Å². The second kappa shape index (κ2) is 7.29. The van der Waals surface area contributed by atoms with Gasteiger partial charge in [0.15, 0.2) is 6.10 Å². The first kappa shape index (κ1) is 14.9. The molecule has 1 saturated heterocycles. The summed E-state index contributed by atoms with van der Waals surface area (Å²) in [4.78, 5) is 12.1. The lowest BCUT2D eigenvalue weighted by Crippen LogP contribution is -2.41. The Hall–Kier alpha value is -1.55. The highest BCUT2D eigenvalue weighted by Crippen LogP contribution is 2.15. The summed E-state index contributed by atoms with van der Waals surface area (Å²) >= 11 is 0. The SMILES string of the molecule is CC[C@@H](Oc1ccc(C)cc1)C(=O)NC[C@@H]1CCCO1. The van der Waals surface area contributed by atoms with Crippen molar-refractivity contribution >= 4 is 5.91 Å². The summed E-state index contributed by atoms with van der Waals surface area (Å²) in [7, 11) is 0. The lowest BCUT2D eigenvalue weighted by Gasteiger charge is -2.18. The van der Waals surface area contributed by atoms with Gasteiger partial charge in [0, 0.05) is 13.2 Å². The van der Waals surface area contributed by atoms with Gasteiger partial charge in [-0.15, -0.1) is 0 Å².